The molecule has 0 heterocycles. The van der Waals surface area contributed by atoms with E-state index in [-0.39, 0.29) is 5.82 Å². The van der Waals surface area contributed by atoms with Gasteiger partial charge in [0.05, 0.1) is 0 Å². The van der Waals surface area contributed by atoms with Gasteiger partial charge in [-0.1, -0.05) is 6.07 Å². The third-order valence-electron chi connectivity index (χ3n) is 2.44. The number of hydrogen-bond acceptors (Lipinski definition) is 2. The molecule has 1 rings (SSSR count). The molecule has 0 saturated heterocycles. The van der Waals surface area contributed by atoms with Crippen molar-refractivity contribution in [2.75, 3.05) is 12.8 Å². The lowest BCUT2D eigenvalue weighted by atomic mass is 10.1. The second-order valence-corrected chi connectivity index (χ2v) is 3.82. The van der Waals surface area contributed by atoms with Crippen LogP contribution in [0.5, 0.6) is 0 Å². The Balaban J connectivity index is 2.85. The molecular weight excluding hydrogens is 179 g/mol. The van der Waals surface area contributed by atoms with E-state index in [0.717, 1.165) is 0 Å². The van der Waals surface area contributed by atoms with Crippen LogP contribution in [0.2, 0.25) is 0 Å². The second-order valence-electron chi connectivity index (χ2n) is 3.82. The van der Waals surface area contributed by atoms with Crippen molar-refractivity contribution in [3.63, 3.8) is 0 Å². The van der Waals surface area contributed by atoms with Gasteiger partial charge in [0.25, 0.3) is 0 Å². The summed E-state index contributed by atoms with van der Waals surface area (Å²) in [4.78, 5) is 2.05. The first-order chi connectivity index (χ1) is 6.52. The molecule has 1 aromatic carbocycles. The molecule has 2 nitrogen and oxygen atoms in total. The van der Waals surface area contributed by atoms with Crippen molar-refractivity contribution in [2.24, 2.45) is 0 Å². The summed E-state index contributed by atoms with van der Waals surface area (Å²) in [5.41, 5.74) is 6.82. The van der Waals surface area contributed by atoms with Gasteiger partial charge in [-0.15, -0.1) is 0 Å². The Hall–Kier alpha value is -1.09. The fraction of sp³-hybridized carbons (Fsp3) is 0.455. The first-order valence-electron chi connectivity index (χ1n) is 4.75. The van der Waals surface area contributed by atoms with Crippen LogP contribution >= 0.6 is 0 Å². The zero-order chi connectivity index (χ0) is 10.7. The molecule has 1 aromatic rings. The molecule has 0 aliphatic rings. The van der Waals surface area contributed by atoms with Crippen LogP contribution in [0.3, 0.4) is 0 Å². The van der Waals surface area contributed by atoms with Crippen LogP contribution in [-0.4, -0.2) is 18.0 Å². The average Bonchev–Trinajstić information content (AvgIpc) is 2.11. The predicted molar refractivity (Wildman–Crippen MR) is 57.4 cm³/mol. The highest BCUT2D eigenvalue weighted by atomic mass is 19.1. The summed E-state index contributed by atoms with van der Waals surface area (Å²) >= 11 is 0. The number of nitrogens with zero attached hydrogens (tertiary/aromatic N) is 1. The van der Waals surface area contributed by atoms with Crippen molar-refractivity contribution in [1.82, 2.24) is 4.90 Å². The van der Waals surface area contributed by atoms with E-state index in [1.165, 1.54) is 6.07 Å². The number of hydrogen-bond donors (Lipinski definition) is 1. The molecule has 0 fully saturated rings. The normalized spacial score (nSPS) is 11.3. The van der Waals surface area contributed by atoms with Crippen LogP contribution in [0.1, 0.15) is 19.4 Å². The Kier molecular flexibility index (Phi) is 3.47. The maximum Gasteiger partial charge on any atom is 0.129 e. The van der Waals surface area contributed by atoms with E-state index in [4.69, 9.17) is 5.73 Å². The summed E-state index contributed by atoms with van der Waals surface area (Å²) in [5, 5.41) is 0. The summed E-state index contributed by atoms with van der Waals surface area (Å²) in [5.74, 6) is -0.225. The molecule has 2 N–H and O–H groups in total. The lowest BCUT2D eigenvalue weighted by Crippen LogP contribution is -2.26. The van der Waals surface area contributed by atoms with Crippen molar-refractivity contribution in [1.29, 1.82) is 0 Å². The maximum atomic E-state index is 13.4. The molecule has 0 aromatic heterocycles. The average molecular weight is 196 g/mol. The summed E-state index contributed by atoms with van der Waals surface area (Å²) in [6.45, 7) is 4.68. The van der Waals surface area contributed by atoms with E-state index in [9.17, 15) is 4.39 Å². The highest BCUT2D eigenvalue weighted by molar-refractivity contribution is 5.47. The van der Waals surface area contributed by atoms with Gasteiger partial charge in [0.2, 0.25) is 0 Å². The van der Waals surface area contributed by atoms with E-state index in [0.29, 0.717) is 23.8 Å². The fourth-order valence-electron chi connectivity index (χ4n) is 1.17. The summed E-state index contributed by atoms with van der Waals surface area (Å²) in [6.07, 6.45) is 0. The molecule has 0 atom stereocenters. The van der Waals surface area contributed by atoms with Crippen LogP contribution in [0.4, 0.5) is 10.1 Å². The maximum absolute atomic E-state index is 13.4. The van der Waals surface area contributed by atoms with E-state index in [1.54, 1.807) is 12.1 Å². The van der Waals surface area contributed by atoms with Crippen molar-refractivity contribution in [3.8, 4) is 0 Å². The summed E-state index contributed by atoms with van der Waals surface area (Å²) in [6, 6.07) is 5.18. The molecule has 0 bridgehead atoms. The predicted octanol–water partition coefficient (Wildman–Crippen LogP) is 2.25. The number of rotatable bonds is 3. The van der Waals surface area contributed by atoms with Gasteiger partial charge in [-0.25, -0.2) is 4.39 Å². The Labute approximate surface area is 84.5 Å². The van der Waals surface area contributed by atoms with Crippen LogP contribution in [-0.2, 0) is 6.54 Å². The number of halogens is 1. The van der Waals surface area contributed by atoms with Crippen LogP contribution in [0.25, 0.3) is 0 Å². The zero-order valence-electron chi connectivity index (χ0n) is 8.92. The highest BCUT2D eigenvalue weighted by Gasteiger charge is 2.10. The van der Waals surface area contributed by atoms with E-state index in [2.05, 4.69) is 18.7 Å². The minimum Gasteiger partial charge on any atom is -0.398 e. The molecular formula is C11H17FN2. The Morgan fingerprint density at radius 2 is 2.07 bits per heavy atom. The fourth-order valence-corrected chi connectivity index (χ4v) is 1.17. The van der Waals surface area contributed by atoms with E-state index < -0.39 is 0 Å². The third kappa shape index (κ3) is 2.45. The lowest BCUT2D eigenvalue weighted by molar-refractivity contribution is 0.262. The van der Waals surface area contributed by atoms with Crippen molar-refractivity contribution < 1.29 is 4.39 Å². The van der Waals surface area contributed by atoms with Gasteiger partial charge in [0.1, 0.15) is 5.82 Å². The Morgan fingerprint density at radius 3 is 2.57 bits per heavy atom. The van der Waals surface area contributed by atoms with Gasteiger partial charge in [-0.2, -0.15) is 0 Å². The molecule has 0 aliphatic heterocycles. The van der Waals surface area contributed by atoms with E-state index in [1.807, 2.05) is 7.05 Å². The van der Waals surface area contributed by atoms with Crippen molar-refractivity contribution >= 4 is 5.69 Å². The second kappa shape index (κ2) is 4.42. The first kappa shape index (κ1) is 11.0. The van der Waals surface area contributed by atoms with Crippen LogP contribution in [0, 0.1) is 5.82 Å². The third-order valence-corrected chi connectivity index (χ3v) is 2.44. The van der Waals surface area contributed by atoms with Gasteiger partial charge in [-0.05, 0) is 33.0 Å². The van der Waals surface area contributed by atoms with Gasteiger partial charge in [0, 0.05) is 23.8 Å². The van der Waals surface area contributed by atoms with Gasteiger partial charge in [-0.3, -0.25) is 4.90 Å². The van der Waals surface area contributed by atoms with Crippen LogP contribution < -0.4 is 5.73 Å². The molecule has 0 radical (unpaired) electrons. The number of nitrogen functional groups attached to an aromatic ring is 1. The summed E-state index contributed by atoms with van der Waals surface area (Å²) < 4.78 is 13.4. The monoisotopic (exact) mass is 196 g/mol. The Bertz CT molecular complexity index is 290. The SMILES string of the molecule is CC(C)N(C)Cc1c(N)cccc1F. The summed E-state index contributed by atoms with van der Waals surface area (Å²) in [7, 11) is 1.95. The van der Waals surface area contributed by atoms with Gasteiger partial charge >= 0.3 is 0 Å². The molecule has 3 heteroatoms. The molecule has 0 saturated carbocycles. The topological polar surface area (TPSA) is 29.3 Å². The minimum absolute atomic E-state index is 0.225. The smallest absolute Gasteiger partial charge is 0.129 e. The minimum atomic E-state index is -0.225. The molecule has 0 unspecified atom stereocenters. The standard InChI is InChI=1S/C11H17FN2/c1-8(2)14(3)7-9-10(12)5-4-6-11(9)13/h4-6,8H,7,13H2,1-3H3. The highest BCUT2D eigenvalue weighted by Crippen LogP contribution is 2.17. The molecule has 0 aliphatic carbocycles. The number of nitrogens with two attached hydrogens (primary N) is 1. The molecule has 14 heavy (non-hydrogen) atoms. The largest absolute Gasteiger partial charge is 0.398 e. The molecule has 0 spiro atoms. The van der Waals surface area contributed by atoms with Crippen LogP contribution in [0.15, 0.2) is 18.2 Å². The first-order valence-corrected chi connectivity index (χ1v) is 4.75. The van der Waals surface area contributed by atoms with Gasteiger partial charge < -0.3 is 5.73 Å². The van der Waals surface area contributed by atoms with E-state index >= 15 is 0 Å². The van der Waals surface area contributed by atoms with Crippen molar-refractivity contribution in [3.05, 3.63) is 29.6 Å². The lowest BCUT2D eigenvalue weighted by Gasteiger charge is -2.22. The molecule has 78 valence electrons. The Morgan fingerprint density at radius 1 is 1.43 bits per heavy atom. The number of anilines is 1. The van der Waals surface area contributed by atoms with Gasteiger partial charge in [0.15, 0.2) is 0 Å². The quantitative estimate of drug-likeness (QED) is 0.751. The van der Waals surface area contributed by atoms with Crippen molar-refractivity contribution in [2.45, 2.75) is 26.4 Å². The number of benzene rings is 1. The zero-order valence-corrected chi connectivity index (χ0v) is 8.92. The molecule has 0 amide bonds.